The number of alkyl halides is 3. The molecule has 0 fully saturated rings. The van der Waals surface area contributed by atoms with Gasteiger partial charge in [-0.3, -0.25) is 0 Å². The van der Waals surface area contributed by atoms with Gasteiger partial charge in [-0.15, -0.1) is 0 Å². The molecule has 0 radical (unpaired) electrons. The van der Waals surface area contributed by atoms with E-state index < -0.39 is 11.7 Å². The van der Waals surface area contributed by atoms with Crippen LogP contribution in [0.5, 0.6) is 0 Å². The Bertz CT molecular complexity index is 469. The van der Waals surface area contributed by atoms with E-state index in [1.165, 1.54) is 12.1 Å². The fraction of sp³-hybridized carbons (Fsp3) is 0.462. The summed E-state index contributed by atoms with van der Waals surface area (Å²) in [4.78, 5) is 0. The van der Waals surface area contributed by atoms with Gasteiger partial charge < -0.3 is 15.4 Å². The van der Waals surface area contributed by atoms with Gasteiger partial charge >= 0.3 is 6.18 Å². The van der Waals surface area contributed by atoms with Crippen molar-refractivity contribution < 1.29 is 17.9 Å². The zero-order chi connectivity index (χ0) is 15.0. The Morgan fingerprint density at radius 2 is 2.00 bits per heavy atom. The second-order valence-electron chi connectivity index (χ2n) is 4.04. The quantitative estimate of drug-likeness (QED) is 0.755. The molecule has 0 amide bonds. The standard InChI is InChI=1S/C13H16F3N3O/c1-20-7-6-18-4-5-19-11-3-2-10(9-17)12(8-11)13(14,15)16/h2-3,8,18-19H,4-7H2,1H3. The molecule has 2 N–H and O–H groups in total. The molecule has 4 nitrogen and oxygen atoms in total. The van der Waals surface area contributed by atoms with Crippen molar-refractivity contribution in [2.45, 2.75) is 6.18 Å². The molecule has 110 valence electrons. The van der Waals surface area contributed by atoms with E-state index in [1.54, 1.807) is 13.2 Å². The first-order chi connectivity index (χ1) is 9.49. The Kier molecular flexibility index (Phi) is 6.28. The minimum absolute atomic E-state index is 0.338. The molecule has 0 heterocycles. The van der Waals surface area contributed by atoms with Gasteiger partial charge in [-0.25, -0.2) is 0 Å². The molecule has 0 aliphatic rings. The number of hydrogen-bond acceptors (Lipinski definition) is 4. The zero-order valence-electron chi connectivity index (χ0n) is 11.0. The largest absolute Gasteiger partial charge is 0.417 e. The number of rotatable bonds is 7. The van der Waals surface area contributed by atoms with Gasteiger partial charge in [0.1, 0.15) is 0 Å². The molecule has 1 aromatic carbocycles. The van der Waals surface area contributed by atoms with Gasteiger partial charge in [0.05, 0.1) is 23.8 Å². The first-order valence-electron chi connectivity index (χ1n) is 6.04. The molecule has 0 saturated heterocycles. The highest BCUT2D eigenvalue weighted by Gasteiger charge is 2.33. The SMILES string of the molecule is COCCNCCNc1ccc(C#N)c(C(F)(F)F)c1. The second kappa shape index (κ2) is 7.72. The summed E-state index contributed by atoms with van der Waals surface area (Å²) in [6, 6.07) is 5.13. The fourth-order valence-corrected chi connectivity index (χ4v) is 1.58. The van der Waals surface area contributed by atoms with Crippen LogP contribution in [-0.4, -0.2) is 33.4 Å². The molecular formula is C13H16F3N3O. The average Bonchev–Trinajstić information content (AvgIpc) is 2.41. The van der Waals surface area contributed by atoms with Crippen molar-refractivity contribution in [3.8, 4) is 6.07 Å². The van der Waals surface area contributed by atoms with Gasteiger partial charge in [0.25, 0.3) is 0 Å². The summed E-state index contributed by atoms with van der Waals surface area (Å²) in [5.41, 5.74) is -0.955. The third-order valence-electron chi connectivity index (χ3n) is 2.56. The van der Waals surface area contributed by atoms with Gasteiger partial charge in [-0.2, -0.15) is 18.4 Å². The Hall–Kier alpha value is -1.78. The summed E-state index contributed by atoms with van der Waals surface area (Å²) in [6.45, 7) is 2.34. The molecule has 1 aromatic rings. The van der Waals surface area contributed by atoms with Crippen molar-refractivity contribution in [1.29, 1.82) is 5.26 Å². The van der Waals surface area contributed by atoms with Crippen LogP contribution in [0.3, 0.4) is 0 Å². The number of ether oxygens (including phenoxy) is 1. The molecule has 0 aliphatic heterocycles. The number of hydrogen-bond donors (Lipinski definition) is 2. The highest BCUT2D eigenvalue weighted by atomic mass is 19.4. The van der Waals surface area contributed by atoms with Crippen molar-refractivity contribution in [3.05, 3.63) is 29.3 Å². The van der Waals surface area contributed by atoms with Crippen LogP contribution in [0.1, 0.15) is 11.1 Å². The van der Waals surface area contributed by atoms with Crippen molar-refractivity contribution in [2.75, 3.05) is 38.7 Å². The van der Waals surface area contributed by atoms with Crippen LogP contribution in [0, 0.1) is 11.3 Å². The van der Waals surface area contributed by atoms with Gasteiger partial charge in [0.15, 0.2) is 0 Å². The number of halogens is 3. The predicted octanol–water partition coefficient (Wildman–Crippen LogP) is 2.22. The van der Waals surface area contributed by atoms with Gasteiger partial charge in [0, 0.05) is 32.4 Å². The Labute approximate surface area is 115 Å². The number of benzene rings is 1. The van der Waals surface area contributed by atoms with Crippen LogP contribution in [-0.2, 0) is 10.9 Å². The average molecular weight is 287 g/mol. The Balaban J connectivity index is 2.58. The van der Waals surface area contributed by atoms with Crippen molar-refractivity contribution in [3.63, 3.8) is 0 Å². The summed E-state index contributed by atoms with van der Waals surface area (Å²) in [5, 5.41) is 14.6. The number of anilines is 1. The number of methoxy groups -OCH3 is 1. The van der Waals surface area contributed by atoms with E-state index in [1.807, 2.05) is 0 Å². The number of nitriles is 1. The van der Waals surface area contributed by atoms with Crippen molar-refractivity contribution in [1.82, 2.24) is 5.32 Å². The van der Waals surface area contributed by atoms with E-state index >= 15 is 0 Å². The van der Waals surface area contributed by atoms with Crippen LogP contribution < -0.4 is 10.6 Å². The smallest absolute Gasteiger partial charge is 0.384 e. The van der Waals surface area contributed by atoms with E-state index in [0.29, 0.717) is 31.9 Å². The summed E-state index contributed by atoms with van der Waals surface area (Å²) in [6.07, 6.45) is -4.53. The number of nitrogens with zero attached hydrogens (tertiary/aromatic N) is 1. The lowest BCUT2D eigenvalue weighted by Gasteiger charge is -2.12. The monoisotopic (exact) mass is 287 g/mol. The molecule has 7 heteroatoms. The fourth-order valence-electron chi connectivity index (χ4n) is 1.58. The van der Waals surface area contributed by atoms with Crippen LogP contribution in [0.15, 0.2) is 18.2 Å². The van der Waals surface area contributed by atoms with Crippen LogP contribution in [0.4, 0.5) is 18.9 Å². The Morgan fingerprint density at radius 3 is 2.60 bits per heavy atom. The highest BCUT2D eigenvalue weighted by molar-refractivity contribution is 5.53. The predicted molar refractivity (Wildman–Crippen MR) is 69.4 cm³/mol. The minimum Gasteiger partial charge on any atom is -0.384 e. The summed E-state index contributed by atoms with van der Waals surface area (Å²) in [7, 11) is 1.59. The first-order valence-corrected chi connectivity index (χ1v) is 6.04. The molecular weight excluding hydrogens is 271 g/mol. The van der Waals surface area contributed by atoms with Crippen LogP contribution in [0.2, 0.25) is 0 Å². The lowest BCUT2D eigenvalue weighted by atomic mass is 10.1. The molecule has 20 heavy (non-hydrogen) atoms. The van der Waals surface area contributed by atoms with Gasteiger partial charge in [-0.05, 0) is 18.2 Å². The maximum Gasteiger partial charge on any atom is 0.417 e. The van der Waals surface area contributed by atoms with Gasteiger partial charge in [-0.1, -0.05) is 0 Å². The van der Waals surface area contributed by atoms with Crippen LogP contribution >= 0.6 is 0 Å². The molecule has 0 unspecified atom stereocenters. The Morgan fingerprint density at radius 1 is 1.25 bits per heavy atom. The topological polar surface area (TPSA) is 57.1 Å². The summed E-state index contributed by atoms with van der Waals surface area (Å²) < 4.78 is 43.1. The summed E-state index contributed by atoms with van der Waals surface area (Å²) in [5.74, 6) is 0. The molecule has 0 aliphatic carbocycles. The van der Waals surface area contributed by atoms with Gasteiger partial charge in [0.2, 0.25) is 0 Å². The highest BCUT2D eigenvalue weighted by Crippen LogP contribution is 2.33. The van der Waals surface area contributed by atoms with E-state index in [9.17, 15) is 13.2 Å². The van der Waals surface area contributed by atoms with E-state index in [0.717, 1.165) is 6.07 Å². The van der Waals surface area contributed by atoms with Crippen molar-refractivity contribution in [2.24, 2.45) is 0 Å². The van der Waals surface area contributed by atoms with E-state index in [2.05, 4.69) is 10.6 Å². The first kappa shape index (κ1) is 16.3. The lowest BCUT2D eigenvalue weighted by molar-refractivity contribution is -0.137. The third kappa shape index (κ3) is 5.07. The minimum atomic E-state index is -4.53. The molecule has 0 atom stereocenters. The second-order valence-corrected chi connectivity index (χ2v) is 4.04. The van der Waals surface area contributed by atoms with E-state index in [-0.39, 0.29) is 5.56 Å². The zero-order valence-corrected chi connectivity index (χ0v) is 11.0. The molecule has 0 saturated carbocycles. The molecule has 1 rings (SSSR count). The third-order valence-corrected chi connectivity index (χ3v) is 2.56. The molecule has 0 spiro atoms. The van der Waals surface area contributed by atoms with Crippen LogP contribution in [0.25, 0.3) is 0 Å². The maximum absolute atomic E-state index is 12.7. The number of nitrogens with one attached hydrogen (secondary N) is 2. The maximum atomic E-state index is 12.7. The van der Waals surface area contributed by atoms with E-state index in [4.69, 9.17) is 10.00 Å². The lowest BCUT2D eigenvalue weighted by Crippen LogP contribution is -2.25. The molecule has 0 aromatic heterocycles. The summed E-state index contributed by atoms with van der Waals surface area (Å²) >= 11 is 0. The van der Waals surface area contributed by atoms with Crippen molar-refractivity contribution >= 4 is 5.69 Å². The normalized spacial score (nSPS) is 11.2. The molecule has 0 bridgehead atoms.